The number of piperidine rings is 1. The number of benzene rings is 2. The van der Waals surface area contributed by atoms with Gasteiger partial charge in [-0.15, -0.1) is 0 Å². The zero-order valence-electron chi connectivity index (χ0n) is 16.2. The molecule has 3 rings (SSSR count). The van der Waals surface area contributed by atoms with E-state index in [-0.39, 0.29) is 24.8 Å². The summed E-state index contributed by atoms with van der Waals surface area (Å²) < 4.78 is 5.50. The van der Waals surface area contributed by atoms with Crippen LogP contribution in [0.15, 0.2) is 60.7 Å². The SMILES string of the molecule is O=C(CCOc1ccccc1)NCC(=O)N1CCC(Cc2ccccc2)CC1. The summed E-state index contributed by atoms with van der Waals surface area (Å²) in [5, 5.41) is 2.71. The van der Waals surface area contributed by atoms with Crippen molar-refractivity contribution in [2.75, 3.05) is 26.2 Å². The van der Waals surface area contributed by atoms with E-state index in [1.54, 1.807) is 0 Å². The quantitative estimate of drug-likeness (QED) is 0.766. The molecular formula is C23H28N2O3. The summed E-state index contributed by atoms with van der Waals surface area (Å²) in [4.78, 5) is 26.1. The van der Waals surface area contributed by atoms with Crippen LogP contribution in [0, 0.1) is 5.92 Å². The molecule has 0 unspecified atom stereocenters. The van der Waals surface area contributed by atoms with Crippen LogP contribution >= 0.6 is 0 Å². The van der Waals surface area contributed by atoms with E-state index in [2.05, 4.69) is 29.6 Å². The lowest BCUT2D eigenvalue weighted by Crippen LogP contribution is -2.44. The summed E-state index contributed by atoms with van der Waals surface area (Å²) in [5.41, 5.74) is 1.36. The molecule has 1 fully saturated rings. The van der Waals surface area contributed by atoms with E-state index in [1.807, 2.05) is 41.3 Å². The van der Waals surface area contributed by atoms with Crippen molar-refractivity contribution in [1.29, 1.82) is 0 Å². The average Bonchev–Trinajstić information content (AvgIpc) is 2.74. The third kappa shape index (κ3) is 6.41. The van der Waals surface area contributed by atoms with Crippen molar-refractivity contribution < 1.29 is 14.3 Å². The molecule has 5 heteroatoms. The summed E-state index contributed by atoms with van der Waals surface area (Å²) in [6.07, 6.45) is 3.33. The van der Waals surface area contributed by atoms with Gasteiger partial charge in [0.2, 0.25) is 11.8 Å². The summed E-state index contributed by atoms with van der Waals surface area (Å²) in [7, 11) is 0. The molecule has 1 N–H and O–H groups in total. The zero-order chi connectivity index (χ0) is 19.6. The molecule has 1 aliphatic rings. The Bertz CT molecular complexity index is 741. The van der Waals surface area contributed by atoms with Crippen LogP contribution in [-0.2, 0) is 16.0 Å². The molecule has 1 heterocycles. The third-order valence-corrected chi connectivity index (χ3v) is 5.11. The Balaban J connectivity index is 1.30. The second-order valence-electron chi connectivity index (χ2n) is 7.20. The molecule has 0 radical (unpaired) electrons. The van der Waals surface area contributed by atoms with E-state index in [0.717, 1.165) is 38.1 Å². The summed E-state index contributed by atoms with van der Waals surface area (Å²) in [6, 6.07) is 19.9. The van der Waals surface area contributed by atoms with Gasteiger partial charge in [-0.25, -0.2) is 0 Å². The molecule has 0 spiro atoms. The maximum absolute atomic E-state index is 12.3. The number of hydrogen-bond donors (Lipinski definition) is 1. The van der Waals surface area contributed by atoms with Crippen molar-refractivity contribution in [3.05, 3.63) is 66.2 Å². The molecule has 0 bridgehead atoms. The topological polar surface area (TPSA) is 58.6 Å². The van der Waals surface area contributed by atoms with E-state index in [1.165, 1.54) is 5.56 Å². The van der Waals surface area contributed by atoms with Crippen LogP contribution in [0.4, 0.5) is 0 Å². The molecule has 2 aromatic carbocycles. The molecule has 1 saturated heterocycles. The predicted octanol–water partition coefficient (Wildman–Crippen LogP) is 3.05. The van der Waals surface area contributed by atoms with Crippen molar-refractivity contribution >= 4 is 11.8 Å². The molecule has 0 aromatic heterocycles. The molecule has 0 atom stereocenters. The Kier molecular flexibility index (Phi) is 7.47. The molecule has 148 valence electrons. The Morgan fingerprint density at radius 2 is 1.61 bits per heavy atom. The Hall–Kier alpha value is -2.82. The van der Waals surface area contributed by atoms with Gasteiger partial charge in [0.25, 0.3) is 0 Å². The first-order valence-electron chi connectivity index (χ1n) is 9.97. The van der Waals surface area contributed by atoms with Crippen molar-refractivity contribution in [1.82, 2.24) is 10.2 Å². The number of amides is 2. The van der Waals surface area contributed by atoms with Crippen molar-refractivity contribution in [2.45, 2.75) is 25.7 Å². The van der Waals surface area contributed by atoms with Crippen LogP contribution in [0.25, 0.3) is 0 Å². The predicted molar refractivity (Wildman–Crippen MR) is 109 cm³/mol. The van der Waals surface area contributed by atoms with Crippen LogP contribution in [0.3, 0.4) is 0 Å². The number of hydrogen-bond acceptors (Lipinski definition) is 3. The third-order valence-electron chi connectivity index (χ3n) is 5.11. The second kappa shape index (κ2) is 10.5. The molecular weight excluding hydrogens is 352 g/mol. The highest BCUT2D eigenvalue weighted by Gasteiger charge is 2.23. The number of carbonyl (C=O) groups excluding carboxylic acids is 2. The molecule has 0 aliphatic carbocycles. The maximum Gasteiger partial charge on any atom is 0.241 e. The first kappa shape index (κ1) is 19.9. The van der Waals surface area contributed by atoms with Crippen molar-refractivity contribution in [3.63, 3.8) is 0 Å². The van der Waals surface area contributed by atoms with Crippen molar-refractivity contribution in [3.8, 4) is 5.75 Å². The van der Waals surface area contributed by atoms with Gasteiger partial charge in [-0.05, 0) is 42.9 Å². The summed E-state index contributed by atoms with van der Waals surface area (Å²) in [6.45, 7) is 1.90. The van der Waals surface area contributed by atoms with E-state index in [0.29, 0.717) is 12.5 Å². The fourth-order valence-corrected chi connectivity index (χ4v) is 3.49. The van der Waals surface area contributed by atoms with Gasteiger partial charge in [-0.3, -0.25) is 9.59 Å². The highest BCUT2D eigenvalue weighted by atomic mass is 16.5. The van der Waals surface area contributed by atoms with E-state index >= 15 is 0 Å². The second-order valence-corrected chi connectivity index (χ2v) is 7.20. The summed E-state index contributed by atoms with van der Waals surface area (Å²) >= 11 is 0. The fraction of sp³-hybridized carbons (Fsp3) is 0.391. The lowest BCUT2D eigenvalue weighted by molar-refractivity contribution is -0.134. The standard InChI is InChI=1S/C23H28N2O3/c26-22(13-16-28-21-9-5-2-6-10-21)24-18-23(27)25-14-11-20(12-15-25)17-19-7-3-1-4-8-19/h1-10,20H,11-18H2,(H,24,26). The van der Waals surface area contributed by atoms with Crippen LogP contribution in [0.2, 0.25) is 0 Å². The van der Waals surface area contributed by atoms with Crippen molar-refractivity contribution in [2.24, 2.45) is 5.92 Å². The van der Waals surface area contributed by atoms with Gasteiger partial charge >= 0.3 is 0 Å². The lowest BCUT2D eigenvalue weighted by Gasteiger charge is -2.32. The minimum Gasteiger partial charge on any atom is -0.493 e. The molecule has 5 nitrogen and oxygen atoms in total. The fourth-order valence-electron chi connectivity index (χ4n) is 3.49. The largest absolute Gasteiger partial charge is 0.493 e. The van der Waals surface area contributed by atoms with Gasteiger partial charge in [-0.2, -0.15) is 0 Å². The molecule has 28 heavy (non-hydrogen) atoms. The minimum absolute atomic E-state index is 0.00418. The first-order valence-corrected chi connectivity index (χ1v) is 9.97. The number of likely N-dealkylation sites (tertiary alicyclic amines) is 1. The molecule has 1 aliphatic heterocycles. The number of rotatable bonds is 8. The van der Waals surface area contributed by atoms with E-state index in [9.17, 15) is 9.59 Å². The van der Waals surface area contributed by atoms with Gasteiger partial charge < -0.3 is 15.0 Å². The molecule has 2 aromatic rings. The smallest absolute Gasteiger partial charge is 0.241 e. The van der Waals surface area contributed by atoms with Crippen LogP contribution in [-0.4, -0.2) is 43.0 Å². The first-order chi connectivity index (χ1) is 13.7. The molecule has 0 saturated carbocycles. The van der Waals surface area contributed by atoms with Crippen LogP contribution in [0.5, 0.6) is 5.75 Å². The zero-order valence-corrected chi connectivity index (χ0v) is 16.2. The van der Waals surface area contributed by atoms with E-state index in [4.69, 9.17) is 4.74 Å². The highest BCUT2D eigenvalue weighted by Crippen LogP contribution is 2.21. The van der Waals surface area contributed by atoms with Gasteiger partial charge in [0.15, 0.2) is 0 Å². The number of nitrogens with zero attached hydrogens (tertiary/aromatic N) is 1. The summed E-state index contributed by atoms with van der Waals surface area (Å²) in [5.74, 6) is 1.19. The minimum atomic E-state index is -0.164. The van der Waals surface area contributed by atoms with Gasteiger partial charge in [-0.1, -0.05) is 48.5 Å². The van der Waals surface area contributed by atoms with Gasteiger partial charge in [0, 0.05) is 13.1 Å². The lowest BCUT2D eigenvalue weighted by atomic mass is 9.90. The number of ether oxygens (including phenoxy) is 1. The Morgan fingerprint density at radius 1 is 0.964 bits per heavy atom. The monoisotopic (exact) mass is 380 g/mol. The maximum atomic E-state index is 12.3. The van der Waals surface area contributed by atoms with E-state index < -0.39 is 0 Å². The van der Waals surface area contributed by atoms with Gasteiger partial charge in [0.05, 0.1) is 19.6 Å². The number of para-hydroxylation sites is 1. The number of nitrogens with one attached hydrogen (secondary N) is 1. The average molecular weight is 380 g/mol. The number of carbonyl (C=O) groups is 2. The van der Waals surface area contributed by atoms with Crippen LogP contribution < -0.4 is 10.1 Å². The normalized spacial score (nSPS) is 14.5. The van der Waals surface area contributed by atoms with Crippen LogP contribution in [0.1, 0.15) is 24.8 Å². The molecule has 2 amide bonds. The van der Waals surface area contributed by atoms with Gasteiger partial charge in [0.1, 0.15) is 5.75 Å². The Labute approximate surface area is 166 Å². The highest BCUT2D eigenvalue weighted by molar-refractivity contribution is 5.84. The Morgan fingerprint density at radius 3 is 2.29 bits per heavy atom.